The molecule has 0 aliphatic carbocycles. The summed E-state index contributed by atoms with van der Waals surface area (Å²) in [5, 5.41) is 3.26. The van der Waals surface area contributed by atoms with Crippen LogP contribution in [0.25, 0.3) is 0 Å². The first kappa shape index (κ1) is 19.9. The van der Waals surface area contributed by atoms with E-state index in [-0.39, 0.29) is 29.7 Å². The van der Waals surface area contributed by atoms with Gasteiger partial charge in [-0.15, -0.1) is 24.0 Å². The maximum Gasteiger partial charge on any atom is 0.193 e. The summed E-state index contributed by atoms with van der Waals surface area (Å²) in [6.45, 7) is 10.4. The predicted octanol–water partition coefficient (Wildman–Crippen LogP) is 1.88. The molecule has 0 bridgehead atoms. The molecule has 7 heteroatoms. The molecule has 0 atom stereocenters. The second-order valence-corrected chi connectivity index (χ2v) is 8.33. The molecule has 0 aromatic rings. The first-order valence-corrected chi connectivity index (χ1v) is 8.75. The van der Waals surface area contributed by atoms with Crippen molar-refractivity contribution in [1.29, 1.82) is 0 Å². The van der Waals surface area contributed by atoms with E-state index >= 15 is 0 Å². The van der Waals surface area contributed by atoms with Gasteiger partial charge in [0.2, 0.25) is 0 Å². The smallest absolute Gasteiger partial charge is 0.193 e. The van der Waals surface area contributed by atoms with Gasteiger partial charge in [-0.3, -0.25) is 4.99 Å². The molecule has 0 radical (unpaired) electrons. The maximum absolute atomic E-state index is 12.0. The van der Waals surface area contributed by atoms with E-state index in [0.29, 0.717) is 13.1 Å². The molecule has 1 aliphatic rings. The Morgan fingerprint density at radius 2 is 2.00 bits per heavy atom. The van der Waals surface area contributed by atoms with Gasteiger partial charge >= 0.3 is 0 Å². The minimum absolute atomic E-state index is 0. The molecule has 1 N–H and O–H groups in total. The van der Waals surface area contributed by atoms with Crippen molar-refractivity contribution >= 4 is 39.8 Å². The molecule has 1 heterocycles. The van der Waals surface area contributed by atoms with Crippen LogP contribution in [-0.2, 0) is 9.84 Å². The number of nitrogens with zero attached hydrogens (tertiary/aromatic N) is 2. The van der Waals surface area contributed by atoms with Crippen LogP contribution >= 0.6 is 24.0 Å². The fourth-order valence-electron chi connectivity index (χ4n) is 2.09. The van der Waals surface area contributed by atoms with Gasteiger partial charge in [0, 0.05) is 26.2 Å². The zero-order valence-corrected chi connectivity index (χ0v) is 16.1. The Kier molecular flexibility index (Phi) is 8.39. The summed E-state index contributed by atoms with van der Waals surface area (Å²) in [6, 6.07) is 0. The molecule has 0 aromatic heterocycles. The lowest BCUT2D eigenvalue weighted by molar-refractivity contribution is 0.353. The van der Waals surface area contributed by atoms with Crippen molar-refractivity contribution < 1.29 is 8.42 Å². The van der Waals surface area contributed by atoms with Crippen LogP contribution in [0.5, 0.6) is 0 Å². The van der Waals surface area contributed by atoms with Crippen molar-refractivity contribution in [1.82, 2.24) is 10.2 Å². The van der Waals surface area contributed by atoms with E-state index in [1.54, 1.807) is 13.8 Å². The van der Waals surface area contributed by atoms with E-state index < -0.39 is 14.6 Å². The van der Waals surface area contributed by atoms with E-state index in [4.69, 9.17) is 0 Å². The molecule has 1 fully saturated rings. The largest absolute Gasteiger partial charge is 0.357 e. The molecule has 1 aliphatic heterocycles. The van der Waals surface area contributed by atoms with Gasteiger partial charge in [0.05, 0.1) is 10.5 Å². The number of sulfone groups is 1. The number of nitrogens with one attached hydrogen (secondary N) is 1. The third-order valence-electron chi connectivity index (χ3n) is 3.45. The van der Waals surface area contributed by atoms with Crippen LogP contribution in [0.1, 0.15) is 40.5 Å². The van der Waals surface area contributed by atoms with Crippen molar-refractivity contribution in [3.05, 3.63) is 0 Å². The average Bonchev–Trinajstić information content (AvgIpc) is 2.32. The number of hydrogen-bond acceptors (Lipinski definition) is 3. The quantitative estimate of drug-likeness (QED) is 0.329. The van der Waals surface area contributed by atoms with Gasteiger partial charge in [-0.1, -0.05) is 13.3 Å². The zero-order valence-electron chi connectivity index (χ0n) is 13.0. The van der Waals surface area contributed by atoms with Crippen molar-refractivity contribution in [3.63, 3.8) is 0 Å². The van der Waals surface area contributed by atoms with Crippen LogP contribution in [0.4, 0.5) is 0 Å². The summed E-state index contributed by atoms with van der Waals surface area (Å²) in [5.74, 6) is 1.05. The Bertz CT molecular complexity index is 421. The van der Waals surface area contributed by atoms with E-state index in [2.05, 4.69) is 22.1 Å². The Hall–Kier alpha value is -0.0500. The van der Waals surface area contributed by atoms with Gasteiger partial charge in [0.15, 0.2) is 15.8 Å². The topological polar surface area (TPSA) is 61.8 Å². The van der Waals surface area contributed by atoms with Crippen molar-refractivity contribution in [3.8, 4) is 0 Å². The van der Waals surface area contributed by atoms with Crippen molar-refractivity contribution in [2.45, 2.75) is 45.3 Å². The molecular weight excluding hydrogens is 389 g/mol. The molecule has 20 heavy (non-hydrogen) atoms. The van der Waals surface area contributed by atoms with Crippen LogP contribution in [0, 0.1) is 0 Å². The predicted molar refractivity (Wildman–Crippen MR) is 95.7 cm³/mol. The van der Waals surface area contributed by atoms with Crippen LogP contribution < -0.4 is 5.32 Å². The van der Waals surface area contributed by atoms with Gasteiger partial charge in [0.25, 0.3) is 0 Å². The lowest BCUT2D eigenvalue weighted by atomic mass is 10.2. The van der Waals surface area contributed by atoms with Crippen LogP contribution in [0.15, 0.2) is 4.99 Å². The van der Waals surface area contributed by atoms with Gasteiger partial charge in [0.1, 0.15) is 0 Å². The third kappa shape index (κ3) is 5.05. The Labute approximate surface area is 140 Å². The zero-order chi connectivity index (χ0) is 14.5. The van der Waals surface area contributed by atoms with E-state index in [1.807, 2.05) is 6.92 Å². The van der Waals surface area contributed by atoms with Crippen LogP contribution in [0.2, 0.25) is 0 Å². The second kappa shape index (κ2) is 8.41. The highest BCUT2D eigenvalue weighted by atomic mass is 127. The molecule has 1 saturated heterocycles. The highest BCUT2D eigenvalue weighted by Crippen LogP contribution is 2.23. The molecule has 0 spiro atoms. The first-order chi connectivity index (χ1) is 8.84. The lowest BCUT2D eigenvalue weighted by Crippen LogP contribution is -2.57. The molecular formula is C13H28IN3O2S. The Morgan fingerprint density at radius 3 is 2.50 bits per heavy atom. The van der Waals surface area contributed by atoms with Crippen molar-refractivity contribution in [2.24, 2.45) is 4.99 Å². The van der Waals surface area contributed by atoms with Gasteiger partial charge in [-0.25, -0.2) is 8.42 Å². The normalized spacial score (nSPS) is 21.2. The molecule has 0 amide bonds. The summed E-state index contributed by atoms with van der Waals surface area (Å²) in [4.78, 5) is 6.65. The van der Waals surface area contributed by atoms with Crippen molar-refractivity contribution in [2.75, 3.05) is 31.9 Å². The molecule has 0 unspecified atom stereocenters. The van der Waals surface area contributed by atoms with Crippen LogP contribution in [0.3, 0.4) is 0 Å². The van der Waals surface area contributed by atoms with E-state index in [1.165, 1.54) is 0 Å². The van der Waals surface area contributed by atoms with Crippen LogP contribution in [-0.4, -0.2) is 56.0 Å². The number of hydrogen-bond donors (Lipinski definition) is 1. The number of unbranched alkanes of at least 4 members (excludes halogenated alkanes) is 1. The molecule has 0 aromatic carbocycles. The molecule has 120 valence electrons. The summed E-state index contributed by atoms with van der Waals surface area (Å²) >= 11 is 0. The first-order valence-electron chi connectivity index (χ1n) is 7.09. The SMILES string of the molecule is CCCCN=C(NCC)N1CCS(=O)(=O)C(C)(C)C1.I. The highest BCUT2D eigenvalue weighted by Gasteiger charge is 2.40. The monoisotopic (exact) mass is 417 g/mol. The van der Waals surface area contributed by atoms with E-state index in [9.17, 15) is 8.42 Å². The third-order valence-corrected chi connectivity index (χ3v) is 5.98. The number of halogens is 1. The minimum atomic E-state index is -2.99. The standard InChI is InChI=1S/C13H27N3O2S.HI/c1-5-7-8-15-12(14-6-2)16-9-10-19(17,18)13(3,4)11-16;/h5-11H2,1-4H3,(H,14,15);1H. The van der Waals surface area contributed by atoms with Gasteiger partial charge in [-0.2, -0.15) is 0 Å². The Morgan fingerprint density at radius 1 is 1.35 bits per heavy atom. The van der Waals surface area contributed by atoms with Gasteiger partial charge in [-0.05, 0) is 27.2 Å². The molecule has 1 rings (SSSR count). The summed E-state index contributed by atoms with van der Waals surface area (Å²) in [5.41, 5.74) is 0. The minimum Gasteiger partial charge on any atom is -0.357 e. The lowest BCUT2D eigenvalue weighted by Gasteiger charge is -2.39. The maximum atomic E-state index is 12.0. The number of rotatable bonds is 4. The summed E-state index contributed by atoms with van der Waals surface area (Å²) in [7, 11) is -2.99. The second-order valence-electron chi connectivity index (χ2n) is 5.59. The van der Waals surface area contributed by atoms with Gasteiger partial charge < -0.3 is 10.2 Å². The summed E-state index contributed by atoms with van der Waals surface area (Å²) < 4.78 is 23.3. The number of guanidine groups is 1. The number of aliphatic imine (C=N–C) groups is 1. The Balaban J connectivity index is 0.00000361. The molecule has 5 nitrogen and oxygen atoms in total. The average molecular weight is 417 g/mol. The molecule has 0 saturated carbocycles. The highest BCUT2D eigenvalue weighted by molar-refractivity contribution is 14.0. The fourth-order valence-corrected chi connectivity index (χ4v) is 3.46. The van der Waals surface area contributed by atoms with E-state index in [0.717, 1.165) is 31.9 Å². The summed E-state index contributed by atoms with van der Waals surface area (Å²) in [6.07, 6.45) is 2.17. The fraction of sp³-hybridized carbons (Fsp3) is 0.923.